The van der Waals surface area contributed by atoms with Crippen molar-refractivity contribution in [1.82, 2.24) is 0 Å². The molecule has 1 N–H and O–H groups in total. The van der Waals surface area contributed by atoms with Crippen LogP contribution in [0.5, 0.6) is 0 Å². The predicted octanol–water partition coefficient (Wildman–Crippen LogP) is 3.84. The highest BCUT2D eigenvalue weighted by Gasteiger charge is 2.23. The zero-order valence-electron chi connectivity index (χ0n) is 18.4. The lowest BCUT2D eigenvalue weighted by molar-refractivity contribution is -0.384. The van der Waals surface area contributed by atoms with Gasteiger partial charge in [-0.25, -0.2) is 4.79 Å². The summed E-state index contributed by atoms with van der Waals surface area (Å²) in [5.74, 6) is -1.28. The Hall–Kier alpha value is -3.62. The number of ether oxygens (including phenoxy) is 1. The van der Waals surface area contributed by atoms with Crippen LogP contribution in [0.15, 0.2) is 42.5 Å². The van der Waals surface area contributed by atoms with E-state index in [0.29, 0.717) is 11.4 Å². The molecular formula is C23H28N4O5. The van der Waals surface area contributed by atoms with Gasteiger partial charge in [0.2, 0.25) is 0 Å². The maximum Gasteiger partial charge on any atom is 0.338 e. The lowest BCUT2D eigenvalue weighted by atomic mass is 10.1. The number of anilines is 3. The van der Waals surface area contributed by atoms with Crippen LogP contribution >= 0.6 is 0 Å². The molecule has 3 rings (SSSR count). The van der Waals surface area contributed by atoms with Gasteiger partial charge in [-0.3, -0.25) is 14.9 Å². The highest BCUT2D eigenvalue weighted by Crippen LogP contribution is 2.31. The zero-order chi connectivity index (χ0) is 23.1. The van der Waals surface area contributed by atoms with Gasteiger partial charge in [0.15, 0.2) is 6.61 Å². The van der Waals surface area contributed by atoms with Crippen molar-refractivity contribution >= 4 is 34.6 Å². The van der Waals surface area contributed by atoms with Gasteiger partial charge in [0.1, 0.15) is 5.69 Å². The van der Waals surface area contributed by atoms with E-state index >= 15 is 0 Å². The molecule has 9 nitrogen and oxygen atoms in total. The minimum atomic E-state index is -0.784. The Morgan fingerprint density at radius 2 is 1.72 bits per heavy atom. The number of rotatable bonds is 7. The maximum absolute atomic E-state index is 12.4. The number of carbonyl (C=O) groups is 2. The van der Waals surface area contributed by atoms with Crippen LogP contribution in [0.25, 0.3) is 0 Å². The minimum absolute atomic E-state index is 0.0402. The highest BCUT2D eigenvalue weighted by atomic mass is 16.6. The van der Waals surface area contributed by atoms with Gasteiger partial charge >= 0.3 is 5.97 Å². The highest BCUT2D eigenvalue weighted by molar-refractivity contribution is 5.96. The fourth-order valence-electron chi connectivity index (χ4n) is 3.63. The fraction of sp³-hybridized carbons (Fsp3) is 0.391. The number of nitrogens with one attached hydrogen (secondary N) is 1. The van der Waals surface area contributed by atoms with Gasteiger partial charge in [-0.05, 0) is 49.2 Å². The molecule has 0 bridgehead atoms. The van der Waals surface area contributed by atoms with Crippen LogP contribution in [0, 0.1) is 10.1 Å². The average Bonchev–Trinajstić information content (AvgIpc) is 3.07. The molecule has 0 aromatic heterocycles. The van der Waals surface area contributed by atoms with Gasteiger partial charge in [0.25, 0.3) is 11.6 Å². The third-order valence-corrected chi connectivity index (χ3v) is 5.36. The van der Waals surface area contributed by atoms with Crippen molar-refractivity contribution < 1.29 is 19.2 Å². The van der Waals surface area contributed by atoms with Crippen LogP contribution in [0.3, 0.4) is 0 Å². The summed E-state index contributed by atoms with van der Waals surface area (Å²) in [6.45, 7) is 1.01. The largest absolute Gasteiger partial charge is 0.452 e. The summed E-state index contributed by atoms with van der Waals surface area (Å²) in [6.07, 6.45) is 4.18. The first-order valence-corrected chi connectivity index (χ1v) is 10.6. The number of benzene rings is 2. The van der Waals surface area contributed by atoms with Crippen molar-refractivity contribution in [2.45, 2.75) is 25.7 Å². The molecule has 0 radical (unpaired) electrons. The molecule has 9 heteroatoms. The Kier molecular flexibility index (Phi) is 7.64. The number of nitro benzene ring substituents is 1. The molecule has 0 aliphatic carbocycles. The van der Waals surface area contributed by atoms with E-state index in [1.807, 2.05) is 36.0 Å². The summed E-state index contributed by atoms with van der Waals surface area (Å²) in [6, 6.07) is 11.5. The van der Waals surface area contributed by atoms with Gasteiger partial charge in [0.05, 0.1) is 10.5 Å². The van der Waals surface area contributed by atoms with E-state index in [1.54, 1.807) is 18.2 Å². The van der Waals surface area contributed by atoms with E-state index in [2.05, 4.69) is 5.32 Å². The van der Waals surface area contributed by atoms with Gasteiger partial charge < -0.3 is 19.9 Å². The normalized spacial score (nSPS) is 13.8. The number of hydrogen-bond donors (Lipinski definition) is 1. The molecule has 1 fully saturated rings. The number of nitro groups is 1. The molecule has 1 heterocycles. The van der Waals surface area contributed by atoms with E-state index in [4.69, 9.17) is 4.74 Å². The van der Waals surface area contributed by atoms with E-state index in [0.717, 1.165) is 44.5 Å². The third kappa shape index (κ3) is 5.96. The van der Waals surface area contributed by atoms with E-state index < -0.39 is 23.4 Å². The topological polar surface area (TPSA) is 105 Å². The number of carbonyl (C=O) groups excluding carboxylic acids is 2. The molecule has 170 valence electrons. The summed E-state index contributed by atoms with van der Waals surface area (Å²) in [7, 11) is 3.83. The van der Waals surface area contributed by atoms with Crippen LogP contribution in [0.1, 0.15) is 36.0 Å². The fourth-order valence-corrected chi connectivity index (χ4v) is 3.63. The second kappa shape index (κ2) is 10.6. The molecule has 0 atom stereocenters. The van der Waals surface area contributed by atoms with Crippen molar-refractivity contribution in [2.24, 2.45) is 0 Å². The SMILES string of the molecule is CN(C)c1ccc(NC(=O)COC(=O)c2ccc(N3CCCCCC3)c([N+](=O)[O-])c2)cc1. The Balaban J connectivity index is 1.62. The molecule has 1 aliphatic rings. The first-order valence-electron chi connectivity index (χ1n) is 10.6. The molecule has 2 aromatic carbocycles. The van der Waals surface area contributed by atoms with Crippen molar-refractivity contribution in [3.63, 3.8) is 0 Å². The van der Waals surface area contributed by atoms with Gasteiger partial charge in [-0.2, -0.15) is 0 Å². The number of esters is 1. The lowest BCUT2D eigenvalue weighted by Gasteiger charge is -2.22. The molecule has 1 amide bonds. The summed E-state index contributed by atoms with van der Waals surface area (Å²) in [5.41, 5.74) is 1.98. The molecule has 0 unspecified atom stereocenters. The molecule has 32 heavy (non-hydrogen) atoms. The van der Waals surface area contributed by atoms with Crippen LogP contribution in [0.4, 0.5) is 22.7 Å². The molecular weight excluding hydrogens is 412 g/mol. The Bertz CT molecular complexity index is 967. The smallest absolute Gasteiger partial charge is 0.338 e. The van der Waals surface area contributed by atoms with Crippen LogP contribution in [-0.2, 0) is 9.53 Å². The van der Waals surface area contributed by atoms with Crippen LogP contribution in [0.2, 0.25) is 0 Å². The van der Waals surface area contributed by atoms with Crippen molar-refractivity contribution in [3.05, 3.63) is 58.1 Å². The van der Waals surface area contributed by atoms with Crippen molar-refractivity contribution in [3.8, 4) is 0 Å². The van der Waals surface area contributed by atoms with E-state index in [9.17, 15) is 19.7 Å². The molecule has 1 aliphatic heterocycles. The molecule has 0 spiro atoms. The summed E-state index contributed by atoms with van der Waals surface area (Å²) >= 11 is 0. The lowest BCUT2D eigenvalue weighted by Crippen LogP contribution is -2.25. The van der Waals surface area contributed by atoms with Gasteiger partial charge in [-0.15, -0.1) is 0 Å². The van der Waals surface area contributed by atoms with Crippen LogP contribution in [-0.4, -0.2) is 50.6 Å². The van der Waals surface area contributed by atoms with E-state index in [-0.39, 0.29) is 11.3 Å². The summed E-state index contributed by atoms with van der Waals surface area (Å²) in [5, 5.41) is 14.3. The Morgan fingerprint density at radius 1 is 1.06 bits per heavy atom. The quantitative estimate of drug-likeness (QED) is 0.396. The second-order valence-corrected chi connectivity index (χ2v) is 7.93. The maximum atomic E-state index is 12.4. The summed E-state index contributed by atoms with van der Waals surface area (Å²) < 4.78 is 5.07. The number of amides is 1. The zero-order valence-corrected chi connectivity index (χ0v) is 18.4. The third-order valence-electron chi connectivity index (χ3n) is 5.36. The number of hydrogen-bond acceptors (Lipinski definition) is 7. The van der Waals surface area contributed by atoms with Crippen LogP contribution < -0.4 is 15.1 Å². The second-order valence-electron chi connectivity index (χ2n) is 7.93. The standard InChI is InChI=1S/C23H28N4O5/c1-25(2)19-10-8-18(9-11-19)24-22(28)16-32-23(29)17-7-12-20(21(15-17)27(30)31)26-13-5-3-4-6-14-26/h7-12,15H,3-6,13-14,16H2,1-2H3,(H,24,28). The molecule has 1 saturated heterocycles. The predicted molar refractivity (Wildman–Crippen MR) is 123 cm³/mol. The van der Waals surface area contributed by atoms with E-state index in [1.165, 1.54) is 12.1 Å². The minimum Gasteiger partial charge on any atom is -0.452 e. The average molecular weight is 441 g/mol. The summed E-state index contributed by atoms with van der Waals surface area (Å²) in [4.78, 5) is 39.6. The molecule has 2 aromatic rings. The van der Waals surface area contributed by atoms with Gasteiger partial charge in [-0.1, -0.05) is 12.8 Å². The number of nitrogens with zero attached hydrogens (tertiary/aromatic N) is 3. The van der Waals surface area contributed by atoms with Crippen molar-refractivity contribution in [2.75, 3.05) is 48.9 Å². The Labute approximate surface area is 187 Å². The monoisotopic (exact) mass is 440 g/mol. The first-order chi connectivity index (χ1) is 15.3. The van der Waals surface area contributed by atoms with Crippen molar-refractivity contribution in [1.29, 1.82) is 0 Å². The van der Waals surface area contributed by atoms with Gasteiger partial charge in [0, 0.05) is 44.6 Å². The molecule has 0 saturated carbocycles. The first kappa shape index (κ1) is 23.1. The Morgan fingerprint density at radius 3 is 2.31 bits per heavy atom.